The van der Waals surface area contributed by atoms with Crippen molar-refractivity contribution in [1.29, 1.82) is 0 Å². The first-order valence-corrected chi connectivity index (χ1v) is 8.98. The number of hydrogen-bond donors (Lipinski definition) is 3. The molecule has 1 amide bonds. The predicted octanol–water partition coefficient (Wildman–Crippen LogP) is 2.51. The number of amides is 1. The molecular formula is C17H30N2O4. The van der Waals surface area contributed by atoms with Crippen molar-refractivity contribution >= 4 is 12.1 Å². The van der Waals surface area contributed by atoms with Gasteiger partial charge < -0.3 is 20.9 Å². The van der Waals surface area contributed by atoms with Crippen molar-refractivity contribution in [2.75, 3.05) is 13.2 Å². The van der Waals surface area contributed by atoms with Crippen LogP contribution in [0, 0.1) is 17.8 Å². The topological polar surface area (TPSA) is 102 Å². The summed E-state index contributed by atoms with van der Waals surface area (Å²) in [6.45, 7) is 1.05. The third kappa shape index (κ3) is 6.01. The molecule has 0 aliphatic heterocycles. The molecular weight excluding hydrogens is 296 g/mol. The van der Waals surface area contributed by atoms with E-state index in [1.165, 1.54) is 38.5 Å². The molecule has 2 saturated carbocycles. The van der Waals surface area contributed by atoms with Crippen LogP contribution in [0.2, 0.25) is 0 Å². The van der Waals surface area contributed by atoms with E-state index in [2.05, 4.69) is 5.32 Å². The molecule has 4 N–H and O–H groups in total. The Labute approximate surface area is 138 Å². The molecule has 2 rings (SSSR count). The zero-order valence-electron chi connectivity index (χ0n) is 13.8. The van der Waals surface area contributed by atoms with E-state index >= 15 is 0 Å². The number of unbranched alkanes of at least 4 members (excludes halogenated alkanes) is 1. The van der Waals surface area contributed by atoms with Crippen LogP contribution in [0.4, 0.5) is 4.79 Å². The van der Waals surface area contributed by atoms with Gasteiger partial charge in [-0.3, -0.25) is 4.79 Å². The fourth-order valence-electron chi connectivity index (χ4n) is 3.77. The Balaban J connectivity index is 1.50. The average Bonchev–Trinajstić information content (AvgIpc) is 3.14. The number of hydrogen-bond acceptors (Lipinski definition) is 4. The number of alkyl carbamates (subject to hydrolysis) is 1. The molecule has 0 spiro atoms. The molecule has 0 radical (unpaired) electrons. The van der Waals surface area contributed by atoms with Gasteiger partial charge in [0.05, 0.1) is 6.61 Å². The first-order valence-electron chi connectivity index (χ1n) is 8.98. The summed E-state index contributed by atoms with van der Waals surface area (Å²) in [5, 5.41) is 11.4. The lowest BCUT2D eigenvalue weighted by Crippen LogP contribution is -2.30. The summed E-state index contributed by atoms with van der Waals surface area (Å²) in [6, 6.07) is -0.812. The molecule has 23 heavy (non-hydrogen) atoms. The molecule has 4 atom stereocenters. The van der Waals surface area contributed by atoms with Crippen LogP contribution in [0.25, 0.3) is 0 Å². The third-order valence-electron chi connectivity index (χ3n) is 5.27. The van der Waals surface area contributed by atoms with Gasteiger partial charge in [0.1, 0.15) is 6.04 Å². The van der Waals surface area contributed by atoms with Gasteiger partial charge >= 0.3 is 12.1 Å². The molecule has 2 aliphatic carbocycles. The Morgan fingerprint density at radius 2 is 1.78 bits per heavy atom. The fraction of sp³-hybridized carbons (Fsp3) is 0.882. The number of fused-ring (bicyclic) bond motifs is 1. The van der Waals surface area contributed by atoms with Crippen molar-refractivity contribution in [2.24, 2.45) is 23.5 Å². The summed E-state index contributed by atoms with van der Waals surface area (Å²) < 4.78 is 5.34. The molecule has 0 unspecified atom stereocenters. The SMILES string of the molecule is N[C@@H](CCCCNC(=O)OC[C@H]1[C@@H]2CCCCCC[C@@H]21)C(=O)O. The summed E-state index contributed by atoms with van der Waals surface area (Å²) >= 11 is 0. The highest BCUT2D eigenvalue weighted by Gasteiger charge is 2.49. The number of carbonyl (C=O) groups excluding carboxylic acids is 1. The summed E-state index contributed by atoms with van der Waals surface area (Å²) in [6.07, 6.45) is 9.40. The molecule has 2 fully saturated rings. The Bertz CT molecular complexity index is 388. The second-order valence-electron chi connectivity index (χ2n) is 6.95. The molecule has 0 heterocycles. The molecule has 132 valence electrons. The van der Waals surface area contributed by atoms with E-state index in [4.69, 9.17) is 15.6 Å². The van der Waals surface area contributed by atoms with Crippen molar-refractivity contribution in [3.63, 3.8) is 0 Å². The number of nitrogens with one attached hydrogen (secondary N) is 1. The maximum atomic E-state index is 11.7. The first kappa shape index (κ1) is 18.0. The monoisotopic (exact) mass is 326 g/mol. The Morgan fingerprint density at radius 3 is 2.39 bits per heavy atom. The molecule has 0 aromatic carbocycles. The van der Waals surface area contributed by atoms with Gasteiger partial charge in [-0.15, -0.1) is 0 Å². The van der Waals surface area contributed by atoms with Crippen LogP contribution in [0.1, 0.15) is 57.8 Å². The van der Waals surface area contributed by atoms with Gasteiger partial charge in [0.2, 0.25) is 0 Å². The molecule has 0 saturated heterocycles. The number of carbonyl (C=O) groups is 2. The van der Waals surface area contributed by atoms with E-state index in [0.717, 1.165) is 11.8 Å². The van der Waals surface area contributed by atoms with E-state index in [-0.39, 0.29) is 6.09 Å². The number of rotatable bonds is 8. The van der Waals surface area contributed by atoms with Gasteiger partial charge in [0, 0.05) is 6.54 Å². The third-order valence-corrected chi connectivity index (χ3v) is 5.27. The average molecular weight is 326 g/mol. The number of aliphatic carboxylic acids is 1. The van der Waals surface area contributed by atoms with Gasteiger partial charge in [-0.2, -0.15) is 0 Å². The van der Waals surface area contributed by atoms with Crippen molar-refractivity contribution in [2.45, 2.75) is 63.8 Å². The highest BCUT2D eigenvalue weighted by Crippen LogP contribution is 2.53. The van der Waals surface area contributed by atoms with Crippen LogP contribution >= 0.6 is 0 Å². The van der Waals surface area contributed by atoms with E-state index in [1.54, 1.807) is 0 Å². The van der Waals surface area contributed by atoms with Gasteiger partial charge in [0.15, 0.2) is 0 Å². The van der Waals surface area contributed by atoms with Crippen LogP contribution < -0.4 is 11.1 Å². The molecule has 6 heteroatoms. The standard InChI is InChI=1S/C17H30N2O4/c18-15(16(20)21)9-5-6-10-19-17(22)23-11-14-12-7-3-1-2-4-8-13(12)14/h12-15H,1-11,18H2,(H,19,22)(H,20,21)/t12-,13+,14+,15-/m0/s1. The highest BCUT2D eigenvalue weighted by atomic mass is 16.5. The maximum absolute atomic E-state index is 11.7. The van der Waals surface area contributed by atoms with Gasteiger partial charge in [0.25, 0.3) is 0 Å². The smallest absolute Gasteiger partial charge is 0.407 e. The summed E-state index contributed by atoms with van der Waals surface area (Å²) in [5.41, 5.74) is 5.41. The largest absolute Gasteiger partial charge is 0.480 e. The predicted molar refractivity (Wildman–Crippen MR) is 87.0 cm³/mol. The minimum absolute atomic E-state index is 0.355. The van der Waals surface area contributed by atoms with E-state index in [9.17, 15) is 9.59 Å². The van der Waals surface area contributed by atoms with Crippen LogP contribution in [0.5, 0.6) is 0 Å². The number of carboxylic acid groups (broad SMARTS) is 1. The van der Waals surface area contributed by atoms with E-state index < -0.39 is 12.0 Å². The van der Waals surface area contributed by atoms with Crippen molar-refractivity contribution in [3.8, 4) is 0 Å². The molecule has 2 aliphatic rings. The zero-order valence-corrected chi connectivity index (χ0v) is 13.8. The fourth-order valence-corrected chi connectivity index (χ4v) is 3.77. The van der Waals surface area contributed by atoms with Gasteiger partial charge in [-0.25, -0.2) is 4.79 Å². The second-order valence-corrected chi connectivity index (χ2v) is 6.95. The summed E-state index contributed by atoms with van der Waals surface area (Å²) in [7, 11) is 0. The second kappa shape index (κ2) is 9.11. The first-order chi connectivity index (χ1) is 11.1. The minimum Gasteiger partial charge on any atom is -0.480 e. The lowest BCUT2D eigenvalue weighted by atomic mass is 10.0. The quantitative estimate of drug-likeness (QED) is 0.595. The van der Waals surface area contributed by atoms with Gasteiger partial charge in [-0.1, -0.05) is 25.7 Å². The van der Waals surface area contributed by atoms with Crippen molar-refractivity contribution in [1.82, 2.24) is 5.32 Å². The lowest BCUT2D eigenvalue weighted by Gasteiger charge is -2.08. The Kier molecular flexibility index (Phi) is 7.15. The van der Waals surface area contributed by atoms with Crippen molar-refractivity contribution < 1.29 is 19.4 Å². The van der Waals surface area contributed by atoms with E-state index in [1.807, 2.05) is 0 Å². The maximum Gasteiger partial charge on any atom is 0.407 e. The molecule has 0 aromatic rings. The van der Waals surface area contributed by atoms with E-state index in [0.29, 0.717) is 38.3 Å². The molecule has 0 aromatic heterocycles. The van der Waals surface area contributed by atoms with Crippen LogP contribution in [0.15, 0.2) is 0 Å². The molecule has 0 bridgehead atoms. The Hall–Kier alpha value is -1.30. The minimum atomic E-state index is -0.977. The lowest BCUT2D eigenvalue weighted by molar-refractivity contribution is -0.138. The zero-order chi connectivity index (χ0) is 16.7. The normalized spacial score (nSPS) is 28.0. The Morgan fingerprint density at radius 1 is 1.13 bits per heavy atom. The van der Waals surface area contributed by atoms with Crippen molar-refractivity contribution in [3.05, 3.63) is 0 Å². The highest BCUT2D eigenvalue weighted by molar-refractivity contribution is 5.72. The summed E-state index contributed by atoms with van der Waals surface area (Å²) in [5.74, 6) is 1.16. The number of nitrogens with two attached hydrogens (primary N) is 1. The molecule has 6 nitrogen and oxygen atoms in total. The number of carboxylic acids is 1. The van der Waals surface area contributed by atoms with Crippen LogP contribution in [-0.2, 0) is 9.53 Å². The number of ether oxygens (including phenoxy) is 1. The van der Waals surface area contributed by atoms with Crippen LogP contribution in [-0.4, -0.2) is 36.4 Å². The van der Waals surface area contributed by atoms with Crippen LogP contribution in [0.3, 0.4) is 0 Å². The summed E-state index contributed by atoms with van der Waals surface area (Å²) in [4.78, 5) is 22.2. The van der Waals surface area contributed by atoms with Gasteiger partial charge in [-0.05, 0) is 49.9 Å².